The van der Waals surface area contributed by atoms with Crippen molar-refractivity contribution in [2.45, 2.75) is 20.3 Å². The minimum absolute atomic E-state index is 0.0928. The third kappa shape index (κ3) is 4.65. The van der Waals surface area contributed by atoms with Gasteiger partial charge in [0.25, 0.3) is 0 Å². The standard InChI is InChI=1S/C19H23ClN2O2/c1-4-22(16-7-5-6-14(2)12-16)19(23)10-11-21-15-8-9-18(24-3)17(20)13-15/h5-9,12-13,21H,4,10-11H2,1-3H3. The second-order valence-electron chi connectivity index (χ2n) is 5.50. The van der Waals surface area contributed by atoms with Gasteiger partial charge in [0.15, 0.2) is 0 Å². The Kier molecular flexibility index (Phi) is 6.50. The van der Waals surface area contributed by atoms with Gasteiger partial charge in [0.1, 0.15) is 5.75 Å². The molecule has 0 aliphatic carbocycles. The van der Waals surface area contributed by atoms with Crippen LogP contribution >= 0.6 is 11.6 Å². The van der Waals surface area contributed by atoms with E-state index in [4.69, 9.17) is 16.3 Å². The van der Waals surface area contributed by atoms with E-state index >= 15 is 0 Å². The van der Waals surface area contributed by atoms with Gasteiger partial charge < -0.3 is 15.0 Å². The van der Waals surface area contributed by atoms with Crippen molar-refractivity contribution in [3.63, 3.8) is 0 Å². The van der Waals surface area contributed by atoms with E-state index in [0.29, 0.717) is 30.3 Å². The summed E-state index contributed by atoms with van der Waals surface area (Å²) in [5.41, 5.74) is 2.95. The third-order valence-corrected chi connectivity index (χ3v) is 4.05. The van der Waals surface area contributed by atoms with Crippen molar-refractivity contribution in [2.75, 3.05) is 30.4 Å². The van der Waals surface area contributed by atoms with E-state index in [0.717, 1.165) is 16.9 Å². The molecule has 0 fully saturated rings. The number of halogens is 1. The van der Waals surface area contributed by atoms with Crippen molar-refractivity contribution in [2.24, 2.45) is 0 Å². The highest BCUT2D eigenvalue weighted by Crippen LogP contribution is 2.27. The molecule has 0 saturated carbocycles. The molecule has 0 saturated heterocycles. The molecule has 2 aromatic carbocycles. The first-order valence-electron chi connectivity index (χ1n) is 7.99. The fraction of sp³-hybridized carbons (Fsp3) is 0.316. The number of carbonyl (C=O) groups excluding carboxylic acids is 1. The maximum Gasteiger partial charge on any atom is 0.228 e. The maximum absolute atomic E-state index is 12.5. The molecule has 0 unspecified atom stereocenters. The highest BCUT2D eigenvalue weighted by molar-refractivity contribution is 6.32. The summed E-state index contributed by atoms with van der Waals surface area (Å²) in [5, 5.41) is 3.77. The van der Waals surface area contributed by atoms with Gasteiger partial charge in [-0.15, -0.1) is 0 Å². The van der Waals surface area contributed by atoms with Crippen LogP contribution in [0.3, 0.4) is 0 Å². The van der Waals surface area contributed by atoms with Crippen LogP contribution in [-0.4, -0.2) is 26.1 Å². The quantitative estimate of drug-likeness (QED) is 0.801. The summed E-state index contributed by atoms with van der Waals surface area (Å²) in [6, 6.07) is 13.5. The molecule has 4 nitrogen and oxygen atoms in total. The van der Waals surface area contributed by atoms with E-state index in [1.54, 1.807) is 24.1 Å². The molecule has 0 bridgehead atoms. The zero-order chi connectivity index (χ0) is 17.5. The molecule has 24 heavy (non-hydrogen) atoms. The Morgan fingerprint density at radius 2 is 2.04 bits per heavy atom. The van der Waals surface area contributed by atoms with E-state index in [1.165, 1.54) is 0 Å². The minimum Gasteiger partial charge on any atom is -0.495 e. The summed E-state index contributed by atoms with van der Waals surface area (Å²) in [6.45, 7) is 5.20. The molecule has 0 atom stereocenters. The second-order valence-corrected chi connectivity index (χ2v) is 5.91. The first-order chi connectivity index (χ1) is 11.5. The van der Waals surface area contributed by atoms with Gasteiger partial charge in [-0.3, -0.25) is 4.79 Å². The lowest BCUT2D eigenvalue weighted by Crippen LogP contribution is -2.31. The van der Waals surface area contributed by atoms with Crippen molar-refractivity contribution in [1.82, 2.24) is 0 Å². The highest BCUT2D eigenvalue weighted by Gasteiger charge is 2.13. The van der Waals surface area contributed by atoms with Gasteiger partial charge in [0.2, 0.25) is 5.91 Å². The summed E-state index contributed by atoms with van der Waals surface area (Å²) in [4.78, 5) is 14.3. The molecule has 2 aromatic rings. The largest absolute Gasteiger partial charge is 0.495 e. The molecule has 128 valence electrons. The molecule has 0 heterocycles. The number of nitrogens with zero attached hydrogens (tertiary/aromatic N) is 1. The summed E-state index contributed by atoms with van der Waals surface area (Å²) in [6.07, 6.45) is 0.408. The van der Waals surface area contributed by atoms with Crippen LogP contribution in [0, 0.1) is 6.92 Å². The molecule has 5 heteroatoms. The average Bonchev–Trinajstić information content (AvgIpc) is 2.56. The van der Waals surface area contributed by atoms with E-state index in [-0.39, 0.29) is 5.91 Å². The lowest BCUT2D eigenvalue weighted by molar-refractivity contribution is -0.118. The molecule has 2 rings (SSSR count). The monoisotopic (exact) mass is 346 g/mol. The topological polar surface area (TPSA) is 41.6 Å². The zero-order valence-corrected chi connectivity index (χ0v) is 15.1. The molecule has 0 radical (unpaired) electrons. The Bertz CT molecular complexity index is 704. The number of methoxy groups -OCH3 is 1. The third-order valence-electron chi connectivity index (χ3n) is 3.75. The van der Waals surface area contributed by atoms with Crippen LogP contribution in [0.4, 0.5) is 11.4 Å². The van der Waals surface area contributed by atoms with Crippen molar-refractivity contribution < 1.29 is 9.53 Å². The Morgan fingerprint density at radius 3 is 2.67 bits per heavy atom. The fourth-order valence-corrected chi connectivity index (χ4v) is 2.78. The minimum atomic E-state index is 0.0928. The lowest BCUT2D eigenvalue weighted by Gasteiger charge is -2.21. The molecule has 0 spiro atoms. The molecular formula is C19H23ClN2O2. The van der Waals surface area contributed by atoms with Crippen LogP contribution in [0.15, 0.2) is 42.5 Å². The number of hydrogen-bond donors (Lipinski definition) is 1. The summed E-state index contributed by atoms with van der Waals surface area (Å²) < 4.78 is 5.13. The van der Waals surface area contributed by atoms with Crippen LogP contribution < -0.4 is 15.0 Å². The Labute approximate surface area is 148 Å². The highest BCUT2D eigenvalue weighted by atomic mass is 35.5. The van der Waals surface area contributed by atoms with Gasteiger partial charge in [-0.1, -0.05) is 23.7 Å². The van der Waals surface area contributed by atoms with Crippen LogP contribution in [0.5, 0.6) is 5.75 Å². The Morgan fingerprint density at radius 1 is 1.25 bits per heavy atom. The van der Waals surface area contributed by atoms with Crippen LogP contribution in [0.2, 0.25) is 5.02 Å². The maximum atomic E-state index is 12.5. The second kappa shape index (κ2) is 8.60. The molecular weight excluding hydrogens is 324 g/mol. The number of aryl methyl sites for hydroxylation is 1. The molecule has 0 aliphatic heterocycles. The number of carbonyl (C=O) groups is 1. The fourth-order valence-electron chi connectivity index (χ4n) is 2.52. The van der Waals surface area contributed by atoms with E-state index in [2.05, 4.69) is 5.32 Å². The van der Waals surface area contributed by atoms with Crippen molar-refractivity contribution in [3.8, 4) is 5.75 Å². The molecule has 1 amide bonds. The van der Waals surface area contributed by atoms with E-state index in [1.807, 2.05) is 44.2 Å². The molecule has 0 aromatic heterocycles. The number of ether oxygens (including phenoxy) is 1. The van der Waals surface area contributed by atoms with Gasteiger partial charge in [-0.2, -0.15) is 0 Å². The van der Waals surface area contributed by atoms with E-state index < -0.39 is 0 Å². The van der Waals surface area contributed by atoms with Crippen molar-refractivity contribution in [3.05, 3.63) is 53.1 Å². The predicted molar refractivity (Wildman–Crippen MR) is 100 cm³/mol. The summed E-state index contributed by atoms with van der Waals surface area (Å²) in [5.74, 6) is 0.727. The first-order valence-corrected chi connectivity index (χ1v) is 8.37. The SMILES string of the molecule is CCN(C(=O)CCNc1ccc(OC)c(Cl)c1)c1cccc(C)c1. The molecule has 1 N–H and O–H groups in total. The van der Waals surface area contributed by atoms with Crippen molar-refractivity contribution in [1.29, 1.82) is 0 Å². The number of amides is 1. The van der Waals surface area contributed by atoms with Gasteiger partial charge in [0, 0.05) is 30.9 Å². The summed E-state index contributed by atoms with van der Waals surface area (Å²) in [7, 11) is 1.58. The van der Waals surface area contributed by atoms with Gasteiger partial charge in [-0.25, -0.2) is 0 Å². The van der Waals surface area contributed by atoms with Crippen LogP contribution in [-0.2, 0) is 4.79 Å². The Hall–Kier alpha value is -2.20. The Balaban J connectivity index is 1.93. The zero-order valence-electron chi connectivity index (χ0n) is 14.3. The number of anilines is 2. The molecule has 0 aliphatic rings. The number of hydrogen-bond acceptors (Lipinski definition) is 3. The predicted octanol–water partition coefficient (Wildman–Crippen LogP) is 4.51. The number of nitrogens with one attached hydrogen (secondary N) is 1. The number of benzene rings is 2. The summed E-state index contributed by atoms with van der Waals surface area (Å²) >= 11 is 6.10. The van der Waals surface area contributed by atoms with Gasteiger partial charge in [-0.05, 0) is 49.7 Å². The van der Waals surface area contributed by atoms with Crippen LogP contribution in [0.25, 0.3) is 0 Å². The first kappa shape index (κ1) is 18.1. The smallest absolute Gasteiger partial charge is 0.228 e. The van der Waals surface area contributed by atoms with E-state index in [9.17, 15) is 4.79 Å². The van der Waals surface area contributed by atoms with Gasteiger partial charge >= 0.3 is 0 Å². The lowest BCUT2D eigenvalue weighted by atomic mass is 10.2. The normalized spacial score (nSPS) is 10.3. The number of rotatable bonds is 7. The van der Waals surface area contributed by atoms with Crippen LogP contribution in [0.1, 0.15) is 18.9 Å². The van der Waals surface area contributed by atoms with Crippen molar-refractivity contribution >= 4 is 28.9 Å². The van der Waals surface area contributed by atoms with Gasteiger partial charge in [0.05, 0.1) is 12.1 Å². The average molecular weight is 347 g/mol.